The maximum Gasteiger partial charge on any atom is 0.223 e. The van der Waals surface area contributed by atoms with Crippen LogP contribution in [0.5, 0.6) is 0 Å². The molecule has 18 heavy (non-hydrogen) atoms. The summed E-state index contributed by atoms with van der Waals surface area (Å²) in [5, 5.41) is 0.279. The van der Waals surface area contributed by atoms with E-state index in [0.717, 1.165) is 19.3 Å². The fraction of sp³-hybridized carbons (Fsp3) is 0.545. The van der Waals surface area contributed by atoms with Crippen LogP contribution < -0.4 is 5.73 Å². The molecule has 1 saturated heterocycles. The van der Waals surface area contributed by atoms with Crippen LogP contribution in [0.15, 0.2) is 6.33 Å². The molecule has 0 amide bonds. The second kappa shape index (κ2) is 4.37. The van der Waals surface area contributed by atoms with Crippen molar-refractivity contribution in [2.75, 3.05) is 5.73 Å². The third kappa shape index (κ3) is 1.81. The van der Waals surface area contributed by atoms with Crippen LogP contribution in [-0.2, 0) is 4.74 Å². The third-order valence-electron chi connectivity index (χ3n) is 3.25. The van der Waals surface area contributed by atoms with E-state index in [1.54, 1.807) is 6.33 Å². The molecule has 0 radical (unpaired) electrons. The van der Waals surface area contributed by atoms with Gasteiger partial charge in [-0.1, -0.05) is 18.5 Å². The minimum Gasteiger partial charge on any atom is -0.368 e. The Kier molecular flexibility index (Phi) is 2.83. The Bertz CT molecular complexity index is 584. The monoisotopic (exact) mass is 267 g/mol. The highest BCUT2D eigenvalue weighted by Crippen LogP contribution is 2.32. The largest absolute Gasteiger partial charge is 0.368 e. The van der Waals surface area contributed by atoms with Gasteiger partial charge in [0.05, 0.1) is 12.4 Å². The van der Waals surface area contributed by atoms with E-state index in [0.29, 0.717) is 17.3 Å². The predicted molar refractivity (Wildman–Crippen MR) is 68.2 cm³/mol. The lowest BCUT2D eigenvalue weighted by molar-refractivity contribution is 0.00290. The third-order valence-corrected chi connectivity index (χ3v) is 3.51. The van der Waals surface area contributed by atoms with Crippen molar-refractivity contribution < 1.29 is 4.74 Å². The minimum absolute atomic E-state index is 0.0367. The Hall–Kier alpha value is -1.40. The molecule has 2 atom stereocenters. The first-order chi connectivity index (χ1) is 8.69. The van der Waals surface area contributed by atoms with Crippen LogP contribution in [0, 0.1) is 0 Å². The average Bonchev–Trinajstić information content (AvgIpc) is 2.93. The number of nitrogens with two attached hydrogens (primary N) is 1. The molecule has 2 unspecified atom stereocenters. The Morgan fingerprint density at radius 3 is 3.06 bits per heavy atom. The first-order valence-corrected chi connectivity index (χ1v) is 6.38. The summed E-state index contributed by atoms with van der Waals surface area (Å²) in [5.74, 6) is 0.152. The number of aromatic nitrogens is 4. The lowest BCUT2D eigenvalue weighted by Gasteiger charge is -2.14. The Balaban J connectivity index is 2.03. The molecule has 1 aliphatic heterocycles. The van der Waals surface area contributed by atoms with Crippen LogP contribution >= 0.6 is 11.6 Å². The lowest BCUT2D eigenvalue weighted by Crippen LogP contribution is -2.10. The first-order valence-electron chi connectivity index (χ1n) is 6.00. The summed E-state index contributed by atoms with van der Waals surface area (Å²) in [7, 11) is 0. The maximum atomic E-state index is 5.99. The van der Waals surface area contributed by atoms with Crippen molar-refractivity contribution in [3.63, 3.8) is 0 Å². The first kappa shape index (κ1) is 11.7. The van der Waals surface area contributed by atoms with E-state index in [1.807, 2.05) is 4.57 Å². The molecule has 3 rings (SSSR count). The molecular weight excluding hydrogens is 254 g/mol. The Morgan fingerprint density at radius 2 is 2.33 bits per heavy atom. The van der Waals surface area contributed by atoms with Gasteiger partial charge in [-0.15, -0.1) is 0 Å². The molecule has 6 nitrogen and oxygen atoms in total. The quantitative estimate of drug-likeness (QED) is 0.844. The van der Waals surface area contributed by atoms with Gasteiger partial charge in [-0.3, -0.25) is 4.57 Å². The van der Waals surface area contributed by atoms with Crippen LogP contribution in [-0.4, -0.2) is 25.6 Å². The van der Waals surface area contributed by atoms with E-state index in [4.69, 9.17) is 22.1 Å². The zero-order valence-corrected chi connectivity index (χ0v) is 10.8. The second-order valence-electron chi connectivity index (χ2n) is 4.40. The van der Waals surface area contributed by atoms with Crippen molar-refractivity contribution in [3.05, 3.63) is 11.5 Å². The molecule has 0 aromatic carbocycles. The fourth-order valence-electron chi connectivity index (χ4n) is 2.30. The number of hydrogen-bond acceptors (Lipinski definition) is 5. The zero-order valence-electron chi connectivity index (χ0n) is 10.0. The van der Waals surface area contributed by atoms with Gasteiger partial charge in [-0.05, 0) is 19.3 Å². The second-order valence-corrected chi connectivity index (χ2v) is 4.75. The number of hydrogen-bond donors (Lipinski definition) is 1. The number of fused-ring (bicyclic) bond motifs is 1. The minimum atomic E-state index is -0.0367. The zero-order chi connectivity index (χ0) is 12.7. The standard InChI is InChI=1S/C11H14ClN5O/c1-2-6-3-4-7(18-6)17-5-14-8-9(12)15-11(13)16-10(8)17/h5-7H,2-4H2,1H3,(H2,13,15,16). The van der Waals surface area contributed by atoms with E-state index in [9.17, 15) is 0 Å². The van der Waals surface area contributed by atoms with Crippen molar-refractivity contribution in [1.29, 1.82) is 0 Å². The van der Waals surface area contributed by atoms with Crippen LogP contribution in [0.1, 0.15) is 32.4 Å². The van der Waals surface area contributed by atoms with E-state index in [2.05, 4.69) is 21.9 Å². The van der Waals surface area contributed by atoms with E-state index < -0.39 is 0 Å². The van der Waals surface area contributed by atoms with Crippen molar-refractivity contribution in [2.45, 2.75) is 38.5 Å². The topological polar surface area (TPSA) is 78.9 Å². The normalized spacial score (nSPS) is 23.9. The number of anilines is 1. The summed E-state index contributed by atoms with van der Waals surface area (Å²) in [6.07, 6.45) is 4.97. The molecule has 2 aromatic heterocycles. The molecule has 1 fully saturated rings. The lowest BCUT2D eigenvalue weighted by atomic mass is 10.2. The number of imidazole rings is 1. The number of ether oxygens (including phenoxy) is 1. The maximum absolute atomic E-state index is 5.99. The van der Waals surface area contributed by atoms with Gasteiger partial charge in [-0.2, -0.15) is 9.97 Å². The summed E-state index contributed by atoms with van der Waals surface area (Å²) < 4.78 is 7.81. The number of nitrogen functional groups attached to an aromatic ring is 1. The molecular formula is C11H14ClN5O. The van der Waals surface area contributed by atoms with Gasteiger partial charge in [-0.25, -0.2) is 4.98 Å². The molecule has 0 aliphatic carbocycles. The highest BCUT2D eigenvalue weighted by molar-refractivity contribution is 6.33. The SMILES string of the molecule is CCC1CCC(n2cnc3c(Cl)nc(N)nc32)O1. The molecule has 7 heteroatoms. The van der Waals surface area contributed by atoms with Gasteiger partial charge in [0.15, 0.2) is 10.8 Å². The Labute approximate surface area is 109 Å². The van der Waals surface area contributed by atoms with Crippen molar-refractivity contribution in [2.24, 2.45) is 0 Å². The number of rotatable bonds is 2. The molecule has 96 valence electrons. The van der Waals surface area contributed by atoms with Gasteiger partial charge in [0.2, 0.25) is 5.95 Å². The number of halogens is 1. The summed E-state index contributed by atoms with van der Waals surface area (Å²) in [6, 6.07) is 0. The molecule has 1 aliphatic rings. The van der Waals surface area contributed by atoms with Crippen LogP contribution in [0.25, 0.3) is 11.2 Å². The van der Waals surface area contributed by atoms with E-state index >= 15 is 0 Å². The summed E-state index contributed by atoms with van der Waals surface area (Å²) in [6.45, 7) is 2.12. The Morgan fingerprint density at radius 1 is 1.50 bits per heavy atom. The molecule has 2 aromatic rings. The van der Waals surface area contributed by atoms with Crippen LogP contribution in [0.2, 0.25) is 5.15 Å². The highest BCUT2D eigenvalue weighted by Gasteiger charge is 2.27. The average molecular weight is 268 g/mol. The van der Waals surface area contributed by atoms with Crippen molar-refractivity contribution >= 4 is 28.7 Å². The van der Waals surface area contributed by atoms with Gasteiger partial charge in [0, 0.05) is 0 Å². The summed E-state index contributed by atoms with van der Waals surface area (Å²) in [5.41, 5.74) is 6.81. The van der Waals surface area contributed by atoms with Gasteiger partial charge in [0.25, 0.3) is 0 Å². The molecule has 3 heterocycles. The van der Waals surface area contributed by atoms with Crippen molar-refractivity contribution in [3.8, 4) is 0 Å². The smallest absolute Gasteiger partial charge is 0.223 e. The van der Waals surface area contributed by atoms with Gasteiger partial charge in [0.1, 0.15) is 11.7 Å². The number of nitrogens with zero attached hydrogens (tertiary/aromatic N) is 4. The summed E-state index contributed by atoms with van der Waals surface area (Å²) in [4.78, 5) is 12.3. The molecule has 2 N–H and O–H groups in total. The highest BCUT2D eigenvalue weighted by atomic mass is 35.5. The molecule has 0 saturated carbocycles. The van der Waals surface area contributed by atoms with Gasteiger partial charge < -0.3 is 10.5 Å². The van der Waals surface area contributed by atoms with Gasteiger partial charge >= 0.3 is 0 Å². The van der Waals surface area contributed by atoms with Crippen LogP contribution in [0.3, 0.4) is 0 Å². The van der Waals surface area contributed by atoms with Crippen LogP contribution in [0.4, 0.5) is 5.95 Å². The predicted octanol–water partition coefficient (Wildman–Crippen LogP) is 2.15. The van der Waals surface area contributed by atoms with Crippen molar-refractivity contribution in [1.82, 2.24) is 19.5 Å². The fourth-order valence-corrected chi connectivity index (χ4v) is 2.52. The summed E-state index contributed by atoms with van der Waals surface area (Å²) >= 11 is 5.99. The molecule has 0 bridgehead atoms. The van der Waals surface area contributed by atoms with E-state index in [1.165, 1.54) is 0 Å². The van der Waals surface area contributed by atoms with E-state index in [-0.39, 0.29) is 17.3 Å². The molecule has 0 spiro atoms.